The van der Waals surface area contributed by atoms with Crippen molar-refractivity contribution in [2.75, 3.05) is 25.2 Å². The van der Waals surface area contributed by atoms with Crippen LogP contribution in [0.1, 0.15) is 34.3 Å². The zero-order chi connectivity index (χ0) is 21.3. The van der Waals surface area contributed by atoms with E-state index in [0.29, 0.717) is 29.6 Å². The second-order valence-corrected chi connectivity index (χ2v) is 9.05. The Balaban J connectivity index is 1.49. The number of benzene rings is 2. The number of amides is 2. The van der Waals surface area contributed by atoms with Crippen molar-refractivity contribution in [1.29, 1.82) is 0 Å². The molecule has 30 heavy (non-hydrogen) atoms. The second kappa shape index (κ2) is 11.4. The molecule has 1 unspecified atom stereocenters. The van der Waals surface area contributed by atoms with Crippen LogP contribution in [-0.4, -0.2) is 43.0 Å². The van der Waals surface area contributed by atoms with Crippen LogP contribution in [0.3, 0.4) is 0 Å². The molecule has 2 aromatic carbocycles. The molecule has 0 saturated carbocycles. The Bertz CT molecular complexity index is 891. The predicted octanol–water partition coefficient (Wildman–Crippen LogP) is 3.98. The molecule has 1 aliphatic rings. The summed E-state index contributed by atoms with van der Waals surface area (Å²) in [6.07, 6.45) is 6.01. The maximum Gasteiger partial charge on any atom is 0.253 e. The van der Waals surface area contributed by atoms with Gasteiger partial charge in [-0.05, 0) is 89.0 Å². The summed E-state index contributed by atoms with van der Waals surface area (Å²) in [7, 11) is 0. The van der Waals surface area contributed by atoms with Crippen LogP contribution in [0, 0.1) is 0 Å². The highest BCUT2D eigenvalue weighted by atomic mass is 79.9. The lowest BCUT2D eigenvalue weighted by atomic mass is 10.1. The van der Waals surface area contributed by atoms with Crippen molar-refractivity contribution in [3.8, 4) is 5.75 Å². The lowest BCUT2D eigenvalue weighted by molar-refractivity contribution is -0.123. The van der Waals surface area contributed by atoms with E-state index in [1.165, 1.54) is 17.5 Å². The van der Waals surface area contributed by atoms with Crippen LogP contribution in [0.2, 0.25) is 0 Å². The highest BCUT2D eigenvalue weighted by Gasteiger charge is 2.21. The van der Waals surface area contributed by atoms with E-state index >= 15 is 0 Å². The third-order valence-electron chi connectivity index (χ3n) is 5.09. The van der Waals surface area contributed by atoms with Crippen LogP contribution in [0.25, 0.3) is 0 Å². The number of thioether (sulfide) groups is 1. The van der Waals surface area contributed by atoms with Gasteiger partial charge in [0.1, 0.15) is 18.4 Å². The summed E-state index contributed by atoms with van der Waals surface area (Å²) < 4.78 is 6.50. The van der Waals surface area contributed by atoms with Gasteiger partial charge in [-0.25, -0.2) is 0 Å². The molecule has 5 nitrogen and oxygen atoms in total. The summed E-state index contributed by atoms with van der Waals surface area (Å²) in [5.74, 6) is 1.16. The Kier molecular flexibility index (Phi) is 8.63. The summed E-state index contributed by atoms with van der Waals surface area (Å²) in [5.41, 5.74) is 3.29. The fourth-order valence-corrected chi connectivity index (χ4v) is 4.43. The van der Waals surface area contributed by atoms with Crippen molar-refractivity contribution in [3.05, 3.63) is 63.6 Å². The van der Waals surface area contributed by atoms with Gasteiger partial charge in [0.2, 0.25) is 5.91 Å². The monoisotopic (exact) mass is 490 g/mol. The molecule has 0 fully saturated rings. The molecule has 2 N–H and O–H groups in total. The van der Waals surface area contributed by atoms with Crippen molar-refractivity contribution in [3.63, 3.8) is 0 Å². The van der Waals surface area contributed by atoms with Gasteiger partial charge in [-0.1, -0.05) is 18.2 Å². The molecule has 2 aromatic rings. The SMILES string of the molecule is CSCCC(NC(=O)c1ccccc1Br)C(=O)NCCOc1ccc2c(c1)CCC2. The van der Waals surface area contributed by atoms with Gasteiger partial charge < -0.3 is 15.4 Å². The number of ether oxygens (including phenoxy) is 1. The number of rotatable bonds is 10. The smallest absolute Gasteiger partial charge is 0.253 e. The molecule has 3 rings (SSSR count). The maximum atomic E-state index is 12.7. The Morgan fingerprint density at radius 1 is 1.17 bits per heavy atom. The van der Waals surface area contributed by atoms with Gasteiger partial charge in [0.05, 0.1) is 12.1 Å². The van der Waals surface area contributed by atoms with E-state index in [-0.39, 0.29) is 11.8 Å². The third kappa shape index (κ3) is 6.25. The molecule has 0 radical (unpaired) electrons. The number of hydrogen-bond donors (Lipinski definition) is 2. The quantitative estimate of drug-likeness (QED) is 0.494. The highest BCUT2D eigenvalue weighted by Crippen LogP contribution is 2.25. The minimum absolute atomic E-state index is 0.193. The first-order valence-electron chi connectivity index (χ1n) is 10.1. The fraction of sp³-hybridized carbons (Fsp3) is 0.391. The number of carbonyl (C=O) groups is 2. The van der Waals surface area contributed by atoms with Crippen molar-refractivity contribution in [2.45, 2.75) is 31.7 Å². The number of nitrogens with one attached hydrogen (secondary N) is 2. The van der Waals surface area contributed by atoms with E-state index in [4.69, 9.17) is 4.74 Å². The molecule has 2 amide bonds. The molecular weight excluding hydrogens is 464 g/mol. The molecule has 7 heteroatoms. The van der Waals surface area contributed by atoms with Crippen LogP contribution < -0.4 is 15.4 Å². The third-order valence-corrected chi connectivity index (χ3v) is 6.43. The molecular formula is C23H27BrN2O3S. The minimum Gasteiger partial charge on any atom is -0.492 e. The molecule has 0 bridgehead atoms. The van der Waals surface area contributed by atoms with E-state index in [9.17, 15) is 9.59 Å². The van der Waals surface area contributed by atoms with Crippen molar-refractivity contribution >= 4 is 39.5 Å². The summed E-state index contributed by atoms with van der Waals surface area (Å²) in [6, 6.07) is 12.8. The number of hydrogen-bond acceptors (Lipinski definition) is 4. The number of aryl methyl sites for hydroxylation is 2. The molecule has 0 heterocycles. The number of fused-ring (bicyclic) bond motifs is 1. The van der Waals surface area contributed by atoms with Gasteiger partial charge in [0.15, 0.2) is 0 Å². The molecule has 0 aliphatic heterocycles. The Morgan fingerprint density at radius 3 is 2.77 bits per heavy atom. The van der Waals surface area contributed by atoms with Crippen LogP contribution in [-0.2, 0) is 17.6 Å². The fourth-order valence-electron chi connectivity index (χ4n) is 3.49. The summed E-state index contributed by atoms with van der Waals surface area (Å²) in [5, 5.41) is 5.75. The zero-order valence-electron chi connectivity index (χ0n) is 17.1. The number of carbonyl (C=O) groups excluding carboxylic acids is 2. The first-order valence-corrected chi connectivity index (χ1v) is 12.3. The first-order chi connectivity index (χ1) is 14.6. The summed E-state index contributed by atoms with van der Waals surface area (Å²) in [6.45, 7) is 0.772. The van der Waals surface area contributed by atoms with Crippen molar-refractivity contribution < 1.29 is 14.3 Å². The van der Waals surface area contributed by atoms with Crippen LogP contribution >= 0.6 is 27.7 Å². The minimum atomic E-state index is -0.586. The van der Waals surface area contributed by atoms with Crippen LogP contribution in [0.5, 0.6) is 5.75 Å². The summed E-state index contributed by atoms with van der Waals surface area (Å²) in [4.78, 5) is 25.3. The standard InChI is InChI=1S/C23H27BrN2O3S/c1-30-14-11-21(26-22(27)19-7-2-3-8-20(19)24)23(28)25-12-13-29-18-10-9-16-5-4-6-17(16)15-18/h2-3,7-10,15,21H,4-6,11-14H2,1H3,(H,25,28)(H,26,27). The Hall–Kier alpha value is -1.99. The largest absolute Gasteiger partial charge is 0.492 e. The average Bonchev–Trinajstić information content (AvgIpc) is 3.22. The Morgan fingerprint density at radius 2 is 1.97 bits per heavy atom. The van der Waals surface area contributed by atoms with Crippen molar-refractivity contribution in [1.82, 2.24) is 10.6 Å². The van der Waals surface area contributed by atoms with E-state index < -0.39 is 6.04 Å². The molecule has 1 atom stereocenters. The van der Waals surface area contributed by atoms with Gasteiger partial charge in [0, 0.05) is 4.47 Å². The van der Waals surface area contributed by atoms with E-state index in [2.05, 4.69) is 38.7 Å². The number of halogens is 1. The van der Waals surface area contributed by atoms with E-state index in [0.717, 1.165) is 24.3 Å². The molecule has 160 valence electrons. The van der Waals surface area contributed by atoms with Crippen LogP contribution in [0.4, 0.5) is 0 Å². The first kappa shape index (κ1) is 22.7. The predicted molar refractivity (Wildman–Crippen MR) is 125 cm³/mol. The average molecular weight is 491 g/mol. The van der Waals surface area contributed by atoms with E-state index in [1.54, 1.807) is 23.9 Å². The van der Waals surface area contributed by atoms with Gasteiger partial charge in [0.25, 0.3) is 5.91 Å². The zero-order valence-corrected chi connectivity index (χ0v) is 19.5. The Labute approximate surface area is 190 Å². The lowest BCUT2D eigenvalue weighted by Crippen LogP contribution is -2.48. The molecule has 0 saturated heterocycles. The molecule has 0 aromatic heterocycles. The van der Waals surface area contributed by atoms with Crippen molar-refractivity contribution in [2.24, 2.45) is 0 Å². The van der Waals surface area contributed by atoms with Gasteiger partial charge in [-0.2, -0.15) is 11.8 Å². The van der Waals surface area contributed by atoms with Gasteiger partial charge >= 0.3 is 0 Å². The van der Waals surface area contributed by atoms with E-state index in [1.807, 2.05) is 24.5 Å². The molecule has 0 spiro atoms. The maximum absolute atomic E-state index is 12.7. The molecule has 1 aliphatic carbocycles. The highest BCUT2D eigenvalue weighted by molar-refractivity contribution is 9.10. The summed E-state index contributed by atoms with van der Waals surface area (Å²) >= 11 is 5.03. The van der Waals surface area contributed by atoms with Gasteiger partial charge in [-0.15, -0.1) is 0 Å². The lowest BCUT2D eigenvalue weighted by Gasteiger charge is -2.19. The second-order valence-electron chi connectivity index (χ2n) is 7.21. The van der Waals surface area contributed by atoms with Crippen LogP contribution in [0.15, 0.2) is 46.9 Å². The van der Waals surface area contributed by atoms with Gasteiger partial charge in [-0.3, -0.25) is 9.59 Å². The normalized spacial score (nSPS) is 13.4. The topological polar surface area (TPSA) is 67.4 Å².